The lowest BCUT2D eigenvalue weighted by molar-refractivity contribution is -0.140. The Morgan fingerprint density at radius 1 is 1.19 bits per heavy atom. The number of rotatable bonds is 5. The van der Waals surface area contributed by atoms with Crippen LogP contribution in [0.4, 0.5) is 0 Å². The number of ether oxygens (including phenoxy) is 1. The predicted molar refractivity (Wildman–Crippen MR) is 96.9 cm³/mol. The van der Waals surface area contributed by atoms with E-state index >= 15 is 0 Å². The van der Waals surface area contributed by atoms with Gasteiger partial charge in [0.15, 0.2) is 5.76 Å². The molecule has 2 heterocycles. The average molecular weight is 369 g/mol. The molecule has 1 unspecified atom stereocenters. The average Bonchev–Trinajstić information content (AvgIpc) is 3.41. The maximum atomic E-state index is 13.1. The number of benzene rings is 1. The lowest BCUT2D eigenvalue weighted by Crippen LogP contribution is -2.49. The molecule has 0 bridgehead atoms. The van der Waals surface area contributed by atoms with E-state index in [9.17, 15) is 9.59 Å². The maximum Gasteiger partial charge on any atom is 0.249 e. The molecular formula is C20H23N3O4. The van der Waals surface area contributed by atoms with E-state index in [1.807, 2.05) is 37.3 Å². The van der Waals surface area contributed by atoms with Crippen molar-refractivity contribution >= 4 is 11.8 Å². The topological polar surface area (TPSA) is 84.7 Å². The number of amides is 2. The normalized spacial score (nSPS) is 19.4. The van der Waals surface area contributed by atoms with Gasteiger partial charge in [-0.2, -0.15) is 0 Å². The van der Waals surface area contributed by atoms with Gasteiger partial charge in [-0.05, 0) is 25.3 Å². The summed E-state index contributed by atoms with van der Waals surface area (Å²) in [5, 5.41) is 6.89. The summed E-state index contributed by atoms with van der Waals surface area (Å²) in [6, 6.07) is 10.4. The molecule has 2 amide bonds. The van der Waals surface area contributed by atoms with Gasteiger partial charge in [-0.1, -0.05) is 35.5 Å². The van der Waals surface area contributed by atoms with Gasteiger partial charge in [0, 0.05) is 19.2 Å². The molecule has 1 saturated carbocycles. The molecule has 0 radical (unpaired) electrons. The number of hydrogen-bond donors (Lipinski definition) is 1. The van der Waals surface area contributed by atoms with Crippen LogP contribution in [0.1, 0.15) is 35.9 Å². The second kappa shape index (κ2) is 7.15. The van der Waals surface area contributed by atoms with E-state index in [4.69, 9.17) is 9.26 Å². The summed E-state index contributed by atoms with van der Waals surface area (Å²) in [6.07, 6.45) is 1.39. The minimum atomic E-state index is -0.724. The van der Waals surface area contributed by atoms with Crippen LogP contribution in [0.15, 0.2) is 40.9 Å². The van der Waals surface area contributed by atoms with Gasteiger partial charge < -0.3 is 19.5 Å². The van der Waals surface area contributed by atoms with Gasteiger partial charge in [0.1, 0.15) is 11.5 Å². The molecular weight excluding hydrogens is 346 g/mol. The van der Waals surface area contributed by atoms with Crippen molar-refractivity contribution < 1.29 is 18.8 Å². The first-order valence-electron chi connectivity index (χ1n) is 9.26. The molecule has 1 aromatic carbocycles. The van der Waals surface area contributed by atoms with Crippen LogP contribution in [-0.4, -0.2) is 48.2 Å². The number of hydrogen-bond acceptors (Lipinski definition) is 5. The third-order valence-electron chi connectivity index (χ3n) is 5.26. The second-order valence-electron chi connectivity index (χ2n) is 7.17. The van der Waals surface area contributed by atoms with Gasteiger partial charge in [0.05, 0.1) is 18.9 Å². The third kappa shape index (κ3) is 3.47. The SMILES string of the molecule is Cc1cc(C2(C(=O)NC(C(=O)N3CCOCC3)c3ccccc3)CC2)on1. The van der Waals surface area contributed by atoms with E-state index in [2.05, 4.69) is 10.5 Å². The lowest BCUT2D eigenvalue weighted by Gasteiger charge is -2.31. The first kappa shape index (κ1) is 17.7. The summed E-state index contributed by atoms with van der Waals surface area (Å²) >= 11 is 0. The molecule has 1 aliphatic heterocycles. The monoisotopic (exact) mass is 369 g/mol. The zero-order chi connectivity index (χ0) is 18.9. The molecule has 1 atom stereocenters. The van der Waals surface area contributed by atoms with Crippen molar-refractivity contribution in [2.24, 2.45) is 0 Å². The number of carbonyl (C=O) groups is 2. The van der Waals surface area contributed by atoms with Gasteiger partial charge in [0.2, 0.25) is 11.8 Å². The highest BCUT2D eigenvalue weighted by Crippen LogP contribution is 2.49. The number of aryl methyl sites for hydroxylation is 1. The van der Waals surface area contributed by atoms with Gasteiger partial charge in [0.25, 0.3) is 0 Å². The van der Waals surface area contributed by atoms with Crippen molar-refractivity contribution in [1.29, 1.82) is 0 Å². The van der Waals surface area contributed by atoms with E-state index in [-0.39, 0.29) is 11.8 Å². The molecule has 1 aromatic heterocycles. The molecule has 0 spiro atoms. The molecule has 4 rings (SSSR count). The molecule has 27 heavy (non-hydrogen) atoms. The van der Waals surface area contributed by atoms with Crippen molar-refractivity contribution in [2.45, 2.75) is 31.2 Å². The van der Waals surface area contributed by atoms with Crippen molar-refractivity contribution in [1.82, 2.24) is 15.4 Å². The van der Waals surface area contributed by atoms with Gasteiger partial charge in [-0.3, -0.25) is 9.59 Å². The minimum absolute atomic E-state index is 0.109. The smallest absolute Gasteiger partial charge is 0.249 e. The fourth-order valence-corrected chi connectivity index (χ4v) is 3.47. The van der Waals surface area contributed by atoms with Crippen molar-refractivity contribution in [2.75, 3.05) is 26.3 Å². The first-order chi connectivity index (χ1) is 13.1. The van der Waals surface area contributed by atoms with Crippen molar-refractivity contribution in [3.8, 4) is 0 Å². The Balaban J connectivity index is 1.57. The number of nitrogens with one attached hydrogen (secondary N) is 1. The Hall–Kier alpha value is -2.67. The third-order valence-corrected chi connectivity index (χ3v) is 5.26. The fourth-order valence-electron chi connectivity index (χ4n) is 3.47. The van der Waals surface area contributed by atoms with Crippen LogP contribution in [0.25, 0.3) is 0 Å². The zero-order valence-electron chi connectivity index (χ0n) is 15.3. The van der Waals surface area contributed by atoms with E-state index in [1.165, 1.54) is 0 Å². The van der Waals surface area contributed by atoms with Crippen molar-refractivity contribution in [3.63, 3.8) is 0 Å². The first-order valence-corrected chi connectivity index (χ1v) is 9.26. The van der Waals surface area contributed by atoms with Crippen LogP contribution in [0.5, 0.6) is 0 Å². The molecule has 1 N–H and O–H groups in total. The van der Waals surface area contributed by atoms with Gasteiger partial charge in [-0.15, -0.1) is 0 Å². The van der Waals surface area contributed by atoms with Gasteiger partial charge in [-0.25, -0.2) is 0 Å². The summed E-state index contributed by atoms with van der Waals surface area (Å²) in [4.78, 5) is 28.0. The lowest BCUT2D eigenvalue weighted by atomic mass is 9.99. The van der Waals surface area contributed by atoms with Crippen LogP contribution in [-0.2, 0) is 19.7 Å². The molecule has 7 heteroatoms. The zero-order valence-corrected chi connectivity index (χ0v) is 15.3. The fraction of sp³-hybridized carbons (Fsp3) is 0.450. The summed E-state index contributed by atoms with van der Waals surface area (Å²) < 4.78 is 10.7. The number of carbonyl (C=O) groups excluding carboxylic acids is 2. The highest BCUT2D eigenvalue weighted by Gasteiger charge is 2.55. The van der Waals surface area contributed by atoms with E-state index in [0.29, 0.717) is 44.9 Å². The number of nitrogens with zero attached hydrogens (tertiary/aromatic N) is 2. The van der Waals surface area contributed by atoms with Crippen LogP contribution < -0.4 is 5.32 Å². The highest BCUT2D eigenvalue weighted by atomic mass is 16.5. The summed E-state index contributed by atoms with van der Waals surface area (Å²) in [6.45, 7) is 3.93. The molecule has 7 nitrogen and oxygen atoms in total. The van der Waals surface area contributed by atoms with Gasteiger partial charge >= 0.3 is 0 Å². The number of morpholine rings is 1. The Labute approximate surface area is 157 Å². The van der Waals surface area contributed by atoms with Crippen LogP contribution in [0.3, 0.4) is 0 Å². The van der Waals surface area contributed by atoms with E-state index in [0.717, 1.165) is 11.3 Å². The van der Waals surface area contributed by atoms with Crippen LogP contribution in [0.2, 0.25) is 0 Å². The minimum Gasteiger partial charge on any atom is -0.378 e. The van der Waals surface area contributed by atoms with Crippen molar-refractivity contribution in [3.05, 3.63) is 53.4 Å². The van der Waals surface area contributed by atoms with Crippen LogP contribution in [0, 0.1) is 6.92 Å². The predicted octanol–water partition coefficient (Wildman–Crippen LogP) is 1.73. The largest absolute Gasteiger partial charge is 0.378 e. The second-order valence-corrected chi connectivity index (χ2v) is 7.17. The summed E-state index contributed by atoms with van der Waals surface area (Å²) in [5.41, 5.74) is 0.805. The quantitative estimate of drug-likeness (QED) is 0.868. The summed E-state index contributed by atoms with van der Waals surface area (Å²) in [5.74, 6) is 0.277. The molecule has 1 saturated heterocycles. The van der Waals surface area contributed by atoms with Crippen LogP contribution >= 0.6 is 0 Å². The standard InChI is InChI=1S/C20H23N3O4/c1-14-13-16(27-22-14)20(7-8-20)19(25)21-17(15-5-3-2-4-6-15)18(24)23-9-11-26-12-10-23/h2-6,13,17H,7-12H2,1H3,(H,21,25). The van der Waals surface area contributed by atoms with E-state index < -0.39 is 11.5 Å². The molecule has 2 aliphatic rings. The maximum absolute atomic E-state index is 13.1. The Kier molecular flexibility index (Phi) is 4.70. The number of aromatic nitrogens is 1. The molecule has 142 valence electrons. The molecule has 1 aliphatic carbocycles. The van der Waals surface area contributed by atoms with E-state index in [1.54, 1.807) is 11.0 Å². The Bertz CT molecular complexity index is 823. The summed E-state index contributed by atoms with van der Waals surface area (Å²) in [7, 11) is 0. The molecule has 2 fully saturated rings. The Morgan fingerprint density at radius 2 is 1.89 bits per heavy atom. The highest BCUT2D eigenvalue weighted by molar-refractivity contribution is 5.95. The Morgan fingerprint density at radius 3 is 2.48 bits per heavy atom. The molecule has 2 aromatic rings.